The Morgan fingerprint density at radius 1 is 0.268 bits per heavy atom. The van der Waals surface area contributed by atoms with E-state index in [4.69, 9.17) is 0 Å². The van der Waals surface area contributed by atoms with Crippen LogP contribution in [0, 0.1) is 0 Å². The largest absolute Gasteiger partial charge is 0.310 e. The highest BCUT2D eigenvalue weighted by molar-refractivity contribution is 7.26. The molecule has 56 heavy (non-hydrogen) atoms. The maximum Gasteiger partial charge on any atom is 0.0547 e. The molecule has 2 heteroatoms. The molecule has 264 valence electrons. The van der Waals surface area contributed by atoms with Crippen molar-refractivity contribution < 1.29 is 0 Å². The molecule has 0 aliphatic carbocycles. The molecule has 0 bridgehead atoms. The summed E-state index contributed by atoms with van der Waals surface area (Å²) in [5, 5.41) is 2.57. The van der Waals surface area contributed by atoms with E-state index < -0.39 is 0 Å². The van der Waals surface area contributed by atoms with Crippen molar-refractivity contribution in [3.05, 3.63) is 224 Å². The van der Waals surface area contributed by atoms with Crippen LogP contribution >= 0.6 is 11.3 Å². The van der Waals surface area contributed by atoms with Crippen molar-refractivity contribution in [1.82, 2.24) is 0 Å². The Morgan fingerprint density at radius 2 is 0.625 bits per heavy atom. The van der Waals surface area contributed by atoms with Crippen LogP contribution in [-0.4, -0.2) is 0 Å². The average Bonchev–Trinajstić information content (AvgIpc) is 3.67. The predicted octanol–water partition coefficient (Wildman–Crippen LogP) is 15.9. The molecule has 0 saturated heterocycles. The van der Waals surface area contributed by atoms with Gasteiger partial charge in [-0.15, -0.1) is 11.3 Å². The molecule has 0 amide bonds. The lowest BCUT2D eigenvalue weighted by Crippen LogP contribution is -2.11. The number of rotatable bonds is 8. The molecule has 0 aliphatic rings. The number of thiophene rings is 1. The van der Waals surface area contributed by atoms with Crippen molar-refractivity contribution in [1.29, 1.82) is 0 Å². The first-order valence-corrected chi connectivity index (χ1v) is 19.9. The smallest absolute Gasteiger partial charge is 0.0547 e. The van der Waals surface area contributed by atoms with Gasteiger partial charge in [0, 0.05) is 37.1 Å². The molecule has 10 aromatic rings. The van der Waals surface area contributed by atoms with Gasteiger partial charge in [0.1, 0.15) is 0 Å². The lowest BCUT2D eigenvalue weighted by molar-refractivity contribution is 1.29. The number of hydrogen-bond donors (Lipinski definition) is 0. The average molecular weight is 732 g/mol. The second-order valence-electron chi connectivity index (χ2n) is 14.1. The minimum absolute atomic E-state index is 1.10. The maximum atomic E-state index is 2.43. The quantitative estimate of drug-likeness (QED) is 0.150. The Labute approximate surface area is 332 Å². The zero-order chi connectivity index (χ0) is 37.3. The van der Waals surface area contributed by atoms with E-state index in [-0.39, 0.29) is 0 Å². The van der Waals surface area contributed by atoms with E-state index in [1.165, 1.54) is 75.8 Å². The second kappa shape index (κ2) is 14.7. The van der Waals surface area contributed by atoms with Gasteiger partial charge in [-0.1, -0.05) is 182 Å². The molecule has 10 rings (SSSR count). The fraction of sp³-hybridized carbons (Fsp3) is 0. The number of fused-ring (bicyclic) bond motifs is 3. The standard InChI is InChI=1S/C54H37NS/c1-4-12-38(13-5-1)41-20-22-43(23-21-41)45-30-34-48(35-31-45)55(47-32-28-44(29-33-47)40-16-8-3-9-17-40)50-36-37-52-54(49-18-10-11-19-51(49)56-52)53(50)46-26-24-42(25-27-46)39-14-6-2-7-15-39/h1-37H. The molecule has 0 unspecified atom stereocenters. The van der Waals surface area contributed by atoms with Gasteiger partial charge in [-0.05, 0) is 92.5 Å². The first-order chi connectivity index (χ1) is 27.8. The van der Waals surface area contributed by atoms with Crippen molar-refractivity contribution in [3.8, 4) is 55.6 Å². The van der Waals surface area contributed by atoms with E-state index >= 15 is 0 Å². The Kier molecular flexibility index (Phi) is 8.79. The highest BCUT2D eigenvalue weighted by atomic mass is 32.1. The molecule has 0 saturated carbocycles. The summed E-state index contributed by atoms with van der Waals surface area (Å²) in [6.45, 7) is 0. The highest BCUT2D eigenvalue weighted by Crippen LogP contribution is 2.49. The molecule has 0 fully saturated rings. The van der Waals surface area contributed by atoms with Crippen LogP contribution in [0.25, 0.3) is 75.8 Å². The fourth-order valence-electron chi connectivity index (χ4n) is 7.89. The minimum Gasteiger partial charge on any atom is -0.310 e. The summed E-state index contributed by atoms with van der Waals surface area (Å²) in [6, 6.07) is 81.3. The van der Waals surface area contributed by atoms with Gasteiger partial charge in [-0.25, -0.2) is 0 Å². The molecule has 1 heterocycles. The Hall–Kier alpha value is -7.00. The van der Waals surface area contributed by atoms with E-state index in [9.17, 15) is 0 Å². The van der Waals surface area contributed by atoms with E-state index in [1.54, 1.807) is 0 Å². The molecule has 0 aliphatic heterocycles. The van der Waals surface area contributed by atoms with Crippen LogP contribution in [0.1, 0.15) is 0 Å². The monoisotopic (exact) mass is 731 g/mol. The molecule has 1 aromatic heterocycles. The van der Waals surface area contributed by atoms with Crippen molar-refractivity contribution >= 4 is 48.6 Å². The third-order valence-corrected chi connectivity index (χ3v) is 11.9. The highest BCUT2D eigenvalue weighted by Gasteiger charge is 2.22. The molecular formula is C54H37NS. The summed E-state index contributed by atoms with van der Waals surface area (Å²) in [5.41, 5.74) is 15.4. The van der Waals surface area contributed by atoms with Gasteiger partial charge < -0.3 is 4.90 Å². The van der Waals surface area contributed by atoms with Gasteiger partial charge in [0.2, 0.25) is 0 Å². The van der Waals surface area contributed by atoms with Crippen LogP contribution in [0.2, 0.25) is 0 Å². The Balaban J connectivity index is 1.13. The van der Waals surface area contributed by atoms with E-state index in [0.29, 0.717) is 0 Å². The first-order valence-electron chi connectivity index (χ1n) is 19.1. The van der Waals surface area contributed by atoms with Gasteiger partial charge in [-0.3, -0.25) is 0 Å². The summed E-state index contributed by atoms with van der Waals surface area (Å²) < 4.78 is 2.58. The number of hydrogen-bond acceptors (Lipinski definition) is 2. The van der Waals surface area contributed by atoms with Crippen LogP contribution in [-0.2, 0) is 0 Å². The Bertz CT molecular complexity index is 2900. The van der Waals surface area contributed by atoms with Gasteiger partial charge >= 0.3 is 0 Å². The minimum atomic E-state index is 1.10. The van der Waals surface area contributed by atoms with Gasteiger partial charge in [0.15, 0.2) is 0 Å². The second-order valence-corrected chi connectivity index (χ2v) is 15.2. The van der Waals surface area contributed by atoms with Crippen LogP contribution in [0.15, 0.2) is 224 Å². The lowest BCUT2D eigenvalue weighted by atomic mass is 9.94. The molecule has 0 spiro atoms. The Morgan fingerprint density at radius 3 is 1.07 bits per heavy atom. The first kappa shape index (κ1) is 33.6. The van der Waals surface area contributed by atoms with Gasteiger partial charge in [0.05, 0.1) is 5.69 Å². The molecular weight excluding hydrogens is 695 g/mol. The summed E-state index contributed by atoms with van der Waals surface area (Å²) >= 11 is 1.86. The van der Waals surface area contributed by atoms with E-state index in [1.807, 2.05) is 11.3 Å². The molecule has 0 radical (unpaired) electrons. The van der Waals surface area contributed by atoms with Gasteiger partial charge in [0.25, 0.3) is 0 Å². The summed E-state index contributed by atoms with van der Waals surface area (Å²) in [6.07, 6.45) is 0. The van der Waals surface area contributed by atoms with Crippen molar-refractivity contribution in [2.24, 2.45) is 0 Å². The SMILES string of the molecule is c1ccc(-c2ccc(-c3ccc(N(c4ccc(-c5ccccc5)cc4)c4ccc5sc6ccccc6c5c4-c4ccc(-c5ccccc5)cc4)cc3)cc2)cc1. The van der Waals surface area contributed by atoms with Crippen molar-refractivity contribution in [2.75, 3.05) is 4.90 Å². The third kappa shape index (κ3) is 6.36. The normalized spacial score (nSPS) is 11.2. The number of anilines is 3. The number of nitrogens with zero attached hydrogens (tertiary/aromatic N) is 1. The molecule has 9 aromatic carbocycles. The zero-order valence-corrected chi connectivity index (χ0v) is 31.5. The van der Waals surface area contributed by atoms with E-state index in [0.717, 1.165) is 17.1 Å². The molecule has 0 N–H and O–H groups in total. The van der Waals surface area contributed by atoms with Crippen LogP contribution in [0.4, 0.5) is 17.1 Å². The van der Waals surface area contributed by atoms with Crippen LogP contribution < -0.4 is 4.90 Å². The van der Waals surface area contributed by atoms with E-state index in [2.05, 4.69) is 229 Å². The maximum absolute atomic E-state index is 2.43. The predicted molar refractivity (Wildman–Crippen MR) is 241 cm³/mol. The lowest BCUT2D eigenvalue weighted by Gasteiger charge is -2.29. The number of benzene rings is 9. The van der Waals surface area contributed by atoms with Crippen LogP contribution in [0.3, 0.4) is 0 Å². The van der Waals surface area contributed by atoms with Crippen molar-refractivity contribution in [3.63, 3.8) is 0 Å². The topological polar surface area (TPSA) is 3.24 Å². The summed E-state index contributed by atoms with van der Waals surface area (Å²) in [7, 11) is 0. The van der Waals surface area contributed by atoms with Crippen molar-refractivity contribution in [2.45, 2.75) is 0 Å². The third-order valence-electron chi connectivity index (χ3n) is 10.7. The van der Waals surface area contributed by atoms with Gasteiger partial charge in [-0.2, -0.15) is 0 Å². The summed E-state index contributed by atoms with van der Waals surface area (Å²) in [4.78, 5) is 2.43. The summed E-state index contributed by atoms with van der Waals surface area (Å²) in [5.74, 6) is 0. The molecule has 1 nitrogen and oxygen atoms in total. The van der Waals surface area contributed by atoms with Crippen LogP contribution in [0.5, 0.6) is 0 Å². The molecule has 0 atom stereocenters. The fourth-order valence-corrected chi connectivity index (χ4v) is 9.01. The zero-order valence-electron chi connectivity index (χ0n) is 30.7.